The van der Waals surface area contributed by atoms with Crippen LogP contribution in [-0.2, 0) is 11.3 Å². The Morgan fingerprint density at radius 2 is 1.74 bits per heavy atom. The lowest BCUT2D eigenvalue weighted by Crippen LogP contribution is -2.49. The van der Waals surface area contributed by atoms with Crippen LogP contribution in [0.1, 0.15) is 24.8 Å². The van der Waals surface area contributed by atoms with Gasteiger partial charge in [0.15, 0.2) is 5.75 Å². The zero-order valence-corrected chi connectivity index (χ0v) is 19.3. The van der Waals surface area contributed by atoms with Crippen LogP contribution >= 0.6 is 0 Å². The number of nitrogens with zero attached hydrogens (tertiary/aromatic N) is 4. The van der Waals surface area contributed by atoms with Crippen LogP contribution in [0.2, 0.25) is 0 Å². The predicted octanol–water partition coefficient (Wildman–Crippen LogP) is 3.86. The molecule has 2 aromatic carbocycles. The average molecular weight is 469 g/mol. The summed E-state index contributed by atoms with van der Waals surface area (Å²) >= 11 is 0. The summed E-state index contributed by atoms with van der Waals surface area (Å²) in [5, 5.41) is 20.8. The molecular weight excluding hydrogens is 436 g/mol. The standard InChI is InChI=1S/C25H32N4O5/c30-24-18-22(6-7-23(24)29(32)33)27-12-9-20(10-13-27)8-11-26-14-16-28(17-15-26)25(31)34-19-21-4-2-1-3-5-21/h1-7,18,20,30H,8-17,19H2. The molecule has 2 aliphatic rings. The number of benzene rings is 2. The van der Waals surface area contributed by atoms with Crippen molar-refractivity contribution in [2.45, 2.75) is 25.9 Å². The van der Waals surface area contributed by atoms with E-state index in [1.807, 2.05) is 30.3 Å². The second-order valence-corrected chi connectivity index (χ2v) is 9.02. The number of nitro groups is 1. The molecule has 0 aromatic heterocycles. The Labute approximate surface area is 199 Å². The average Bonchev–Trinajstić information content (AvgIpc) is 2.87. The lowest BCUT2D eigenvalue weighted by Gasteiger charge is -2.37. The van der Waals surface area contributed by atoms with Gasteiger partial charge < -0.3 is 19.6 Å². The molecule has 0 atom stereocenters. The molecule has 2 aliphatic heterocycles. The van der Waals surface area contributed by atoms with Crippen molar-refractivity contribution in [3.63, 3.8) is 0 Å². The Balaban J connectivity index is 1.14. The maximum absolute atomic E-state index is 12.3. The van der Waals surface area contributed by atoms with Gasteiger partial charge in [0, 0.05) is 57.1 Å². The number of hydrogen-bond donors (Lipinski definition) is 1. The smallest absolute Gasteiger partial charge is 0.410 e. The van der Waals surface area contributed by atoms with E-state index in [-0.39, 0.29) is 17.5 Å². The van der Waals surface area contributed by atoms with Crippen molar-refractivity contribution in [1.82, 2.24) is 9.80 Å². The Bertz CT molecular complexity index is 971. The Morgan fingerprint density at radius 3 is 2.38 bits per heavy atom. The molecule has 2 aromatic rings. The topological polar surface area (TPSA) is 99.4 Å². The number of aromatic hydroxyl groups is 1. The van der Waals surface area contributed by atoms with E-state index in [9.17, 15) is 20.0 Å². The summed E-state index contributed by atoms with van der Waals surface area (Å²) in [4.78, 5) is 29.0. The minimum atomic E-state index is -0.571. The Morgan fingerprint density at radius 1 is 1.03 bits per heavy atom. The van der Waals surface area contributed by atoms with E-state index in [2.05, 4.69) is 9.80 Å². The first-order valence-electron chi connectivity index (χ1n) is 11.9. The molecule has 0 aliphatic carbocycles. The summed E-state index contributed by atoms with van der Waals surface area (Å²) in [6, 6.07) is 14.3. The number of piperidine rings is 1. The second-order valence-electron chi connectivity index (χ2n) is 9.02. The van der Waals surface area contributed by atoms with E-state index in [0.29, 0.717) is 25.6 Å². The van der Waals surface area contributed by atoms with Gasteiger partial charge in [-0.1, -0.05) is 30.3 Å². The molecule has 0 saturated carbocycles. The molecule has 2 saturated heterocycles. The zero-order valence-electron chi connectivity index (χ0n) is 19.3. The first kappa shape index (κ1) is 23.8. The highest BCUT2D eigenvalue weighted by Crippen LogP contribution is 2.32. The molecule has 0 spiro atoms. The van der Waals surface area contributed by atoms with Gasteiger partial charge in [0.25, 0.3) is 0 Å². The molecule has 2 heterocycles. The second kappa shape index (κ2) is 11.2. The van der Waals surface area contributed by atoms with Crippen LogP contribution in [0.5, 0.6) is 5.75 Å². The van der Waals surface area contributed by atoms with Crippen molar-refractivity contribution < 1.29 is 19.6 Å². The lowest BCUT2D eigenvalue weighted by atomic mass is 9.93. The normalized spacial score (nSPS) is 17.5. The van der Waals surface area contributed by atoms with E-state index in [1.165, 1.54) is 12.1 Å². The highest BCUT2D eigenvalue weighted by Gasteiger charge is 2.25. The van der Waals surface area contributed by atoms with E-state index in [1.54, 1.807) is 11.0 Å². The molecule has 9 heteroatoms. The van der Waals surface area contributed by atoms with Crippen LogP contribution in [-0.4, -0.2) is 71.7 Å². The lowest BCUT2D eigenvalue weighted by molar-refractivity contribution is -0.385. The fourth-order valence-corrected chi connectivity index (χ4v) is 4.67. The third-order valence-electron chi connectivity index (χ3n) is 6.82. The van der Waals surface area contributed by atoms with Crippen LogP contribution in [0, 0.1) is 16.0 Å². The van der Waals surface area contributed by atoms with Gasteiger partial charge in [-0.05, 0) is 43.4 Å². The number of ether oxygens (including phenoxy) is 1. The summed E-state index contributed by atoms with van der Waals surface area (Å²) in [5.74, 6) is 0.351. The summed E-state index contributed by atoms with van der Waals surface area (Å²) in [7, 11) is 0. The number of piperazine rings is 1. The van der Waals surface area contributed by atoms with Crippen molar-refractivity contribution in [1.29, 1.82) is 0 Å². The quantitative estimate of drug-likeness (QED) is 0.487. The monoisotopic (exact) mass is 468 g/mol. The number of amides is 1. The summed E-state index contributed by atoms with van der Waals surface area (Å²) in [6.45, 7) is 6.19. The number of carbonyl (C=O) groups excluding carboxylic acids is 1. The number of nitro benzene ring substituents is 1. The van der Waals surface area contributed by atoms with E-state index in [0.717, 1.165) is 63.2 Å². The van der Waals surface area contributed by atoms with Gasteiger partial charge in [-0.25, -0.2) is 4.79 Å². The molecule has 0 bridgehead atoms. The van der Waals surface area contributed by atoms with Crippen LogP contribution < -0.4 is 4.90 Å². The van der Waals surface area contributed by atoms with Crippen LogP contribution in [0.15, 0.2) is 48.5 Å². The molecule has 2 fully saturated rings. The molecule has 4 rings (SSSR count). The molecular formula is C25H32N4O5. The fraction of sp³-hybridized carbons (Fsp3) is 0.480. The van der Waals surface area contributed by atoms with Gasteiger partial charge in [0.1, 0.15) is 6.61 Å². The van der Waals surface area contributed by atoms with Gasteiger partial charge in [0.2, 0.25) is 0 Å². The third-order valence-corrected chi connectivity index (χ3v) is 6.82. The molecule has 1 N–H and O–H groups in total. The molecule has 34 heavy (non-hydrogen) atoms. The molecule has 0 unspecified atom stereocenters. The Kier molecular flexibility index (Phi) is 7.84. The van der Waals surface area contributed by atoms with Gasteiger partial charge in [0.05, 0.1) is 4.92 Å². The van der Waals surface area contributed by atoms with Gasteiger partial charge >= 0.3 is 11.8 Å². The van der Waals surface area contributed by atoms with Gasteiger partial charge in [-0.2, -0.15) is 0 Å². The minimum Gasteiger partial charge on any atom is -0.502 e. The fourth-order valence-electron chi connectivity index (χ4n) is 4.67. The van der Waals surface area contributed by atoms with Crippen molar-refractivity contribution in [2.24, 2.45) is 5.92 Å². The number of hydrogen-bond acceptors (Lipinski definition) is 7. The molecule has 182 valence electrons. The summed E-state index contributed by atoms with van der Waals surface area (Å²) < 4.78 is 5.44. The highest BCUT2D eigenvalue weighted by atomic mass is 16.6. The van der Waals surface area contributed by atoms with Gasteiger partial charge in [-0.3, -0.25) is 15.0 Å². The Hall–Kier alpha value is -3.33. The van der Waals surface area contributed by atoms with Crippen molar-refractivity contribution in [3.05, 3.63) is 64.2 Å². The van der Waals surface area contributed by atoms with E-state index >= 15 is 0 Å². The number of anilines is 1. The van der Waals surface area contributed by atoms with Crippen LogP contribution in [0.25, 0.3) is 0 Å². The van der Waals surface area contributed by atoms with E-state index in [4.69, 9.17) is 4.74 Å². The number of phenols is 1. The first-order chi connectivity index (χ1) is 16.5. The number of carbonyl (C=O) groups is 1. The highest BCUT2D eigenvalue weighted by molar-refractivity contribution is 5.67. The van der Waals surface area contributed by atoms with Crippen molar-refractivity contribution >= 4 is 17.5 Å². The minimum absolute atomic E-state index is 0.242. The number of rotatable bonds is 7. The molecule has 1 amide bonds. The molecule has 9 nitrogen and oxygen atoms in total. The van der Waals surface area contributed by atoms with Crippen LogP contribution in [0.4, 0.5) is 16.2 Å². The summed E-state index contributed by atoms with van der Waals surface area (Å²) in [5.41, 5.74) is 1.56. The first-order valence-corrected chi connectivity index (χ1v) is 11.9. The zero-order chi connectivity index (χ0) is 23.9. The SMILES string of the molecule is O=C(OCc1ccccc1)N1CCN(CCC2CCN(c3ccc([N+](=O)[O-])c(O)c3)CC2)CC1. The third kappa shape index (κ3) is 6.17. The maximum Gasteiger partial charge on any atom is 0.410 e. The van der Waals surface area contributed by atoms with Gasteiger partial charge in [-0.15, -0.1) is 0 Å². The molecule has 0 radical (unpaired) electrons. The van der Waals surface area contributed by atoms with Crippen molar-refractivity contribution in [2.75, 3.05) is 50.7 Å². The largest absolute Gasteiger partial charge is 0.502 e. The maximum atomic E-state index is 12.3. The van der Waals surface area contributed by atoms with Crippen molar-refractivity contribution in [3.8, 4) is 5.75 Å². The summed E-state index contributed by atoms with van der Waals surface area (Å²) in [6.07, 6.45) is 3.00. The number of phenolic OH excluding ortho intramolecular Hbond substituents is 1. The predicted molar refractivity (Wildman–Crippen MR) is 129 cm³/mol. The van der Waals surface area contributed by atoms with Crippen LogP contribution in [0.3, 0.4) is 0 Å². The van der Waals surface area contributed by atoms with E-state index < -0.39 is 4.92 Å².